The molecule has 3 heteroatoms. The highest BCUT2D eigenvalue weighted by Crippen LogP contribution is 2.23. The number of phenols is 1. The van der Waals surface area contributed by atoms with E-state index < -0.39 is 0 Å². The van der Waals surface area contributed by atoms with Gasteiger partial charge in [-0.3, -0.25) is 0 Å². The number of aliphatic hydroxyl groups is 1. The molecule has 0 bridgehead atoms. The van der Waals surface area contributed by atoms with Crippen molar-refractivity contribution in [2.75, 3.05) is 13.2 Å². The number of rotatable bonds is 17. The van der Waals surface area contributed by atoms with Crippen LogP contribution in [0, 0.1) is 0 Å². The summed E-state index contributed by atoms with van der Waals surface area (Å²) >= 11 is 0. The lowest BCUT2D eigenvalue weighted by Gasteiger charge is -2.08. The fourth-order valence-corrected chi connectivity index (χ4v) is 3.38. The van der Waals surface area contributed by atoms with Crippen LogP contribution in [0.4, 0.5) is 0 Å². The van der Waals surface area contributed by atoms with Crippen LogP contribution in [0.3, 0.4) is 0 Å². The second-order valence-corrected chi connectivity index (χ2v) is 7.40. The van der Waals surface area contributed by atoms with Gasteiger partial charge in [0.1, 0.15) is 18.1 Å². The van der Waals surface area contributed by atoms with E-state index >= 15 is 0 Å². The van der Waals surface area contributed by atoms with E-state index in [2.05, 4.69) is 6.92 Å². The third kappa shape index (κ3) is 12.2. The van der Waals surface area contributed by atoms with E-state index in [4.69, 9.17) is 9.84 Å². The molecule has 0 saturated carbocycles. The first-order valence-corrected chi connectivity index (χ1v) is 10.8. The second-order valence-electron chi connectivity index (χ2n) is 7.40. The van der Waals surface area contributed by atoms with Gasteiger partial charge in [-0.1, -0.05) is 84.0 Å². The second kappa shape index (κ2) is 16.0. The predicted molar refractivity (Wildman–Crippen MR) is 110 cm³/mol. The summed E-state index contributed by atoms with van der Waals surface area (Å²) in [7, 11) is 0. The third-order valence-corrected chi connectivity index (χ3v) is 4.88. The lowest BCUT2D eigenvalue weighted by Crippen LogP contribution is -2.01. The lowest BCUT2D eigenvalue weighted by atomic mass is 10.0. The fourth-order valence-electron chi connectivity index (χ4n) is 3.38. The van der Waals surface area contributed by atoms with E-state index in [1.165, 1.54) is 77.0 Å². The Kier molecular flexibility index (Phi) is 14.0. The summed E-state index contributed by atoms with van der Waals surface area (Å²) < 4.78 is 5.39. The van der Waals surface area contributed by atoms with Gasteiger partial charge in [0.05, 0.1) is 6.61 Å². The van der Waals surface area contributed by atoms with Crippen LogP contribution in [-0.2, 0) is 6.42 Å². The van der Waals surface area contributed by atoms with E-state index in [1.54, 1.807) is 6.07 Å². The molecular formula is C23H40O3. The fraction of sp³-hybridized carbons (Fsp3) is 0.739. The molecule has 26 heavy (non-hydrogen) atoms. The zero-order valence-corrected chi connectivity index (χ0v) is 16.8. The number of aliphatic hydroxyl groups excluding tert-OH is 1. The molecule has 0 atom stereocenters. The first kappa shape index (κ1) is 22.8. The molecule has 0 spiro atoms. The summed E-state index contributed by atoms with van der Waals surface area (Å²) in [5.41, 5.74) is 1.11. The topological polar surface area (TPSA) is 49.7 Å². The SMILES string of the molecule is CCCCCCCCCCCCCCCc1cc(O)cc(OCCO)c1. The number of benzene rings is 1. The molecule has 0 aliphatic heterocycles. The van der Waals surface area contributed by atoms with Crippen LogP contribution in [0.15, 0.2) is 18.2 Å². The maximum atomic E-state index is 9.75. The lowest BCUT2D eigenvalue weighted by molar-refractivity contribution is 0.201. The normalized spacial score (nSPS) is 11.0. The van der Waals surface area contributed by atoms with Gasteiger partial charge in [-0.15, -0.1) is 0 Å². The third-order valence-electron chi connectivity index (χ3n) is 4.88. The van der Waals surface area contributed by atoms with Crippen LogP contribution >= 0.6 is 0 Å². The van der Waals surface area contributed by atoms with Crippen molar-refractivity contribution in [1.29, 1.82) is 0 Å². The molecule has 0 radical (unpaired) electrons. The molecule has 1 rings (SSSR count). The van der Waals surface area contributed by atoms with Crippen LogP contribution in [-0.4, -0.2) is 23.4 Å². The van der Waals surface area contributed by atoms with Gasteiger partial charge in [-0.2, -0.15) is 0 Å². The van der Waals surface area contributed by atoms with Crippen molar-refractivity contribution in [1.82, 2.24) is 0 Å². The Balaban J connectivity index is 1.98. The molecule has 3 nitrogen and oxygen atoms in total. The van der Waals surface area contributed by atoms with Gasteiger partial charge in [-0.05, 0) is 30.5 Å². The summed E-state index contributed by atoms with van der Waals surface area (Å²) in [5.74, 6) is 0.883. The Morgan fingerprint density at radius 3 is 1.81 bits per heavy atom. The monoisotopic (exact) mass is 364 g/mol. The molecule has 2 N–H and O–H groups in total. The highest BCUT2D eigenvalue weighted by molar-refractivity contribution is 5.37. The van der Waals surface area contributed by atoms with Crippen molar-refractivity contribution in [3.8, 4) is 11.5 Å². The zero-order valence-electron chi connectivity index (χ0n) is 16.8. The number of ether oxygens (including phenoxy) is 1. The molecule has 0 aliphatic rings. The van der Waals surface area contributed by atoms with Crippen molar-refractivity contribution in [3.05, 3.63) is 23.8 Å². The van der Waals surface area contributed by atoms with Crippen LogP contribution in [0.2, 0.25) is 0 Å². The summed E-state index contributed by atoms with van der Waals surface area (Å²) in [4.78, 5) is 0. The highest BCUT2D eigenvalue weighted by Gasteiger charge is 2.02. The quantitative estimate of drug-likeness (QED) is 0.315. The highest BCUT2D eigenvalue weighted by atomic mass is 16.5. The standard InChI is InChI=1S/C23H40O3/c1-2-3-4-5-6-7-8-9-10-11-12-13-14-15-21-18-22(25)20-23(19-21)26-17-16-24/h18-20,24-25H,2-17H2,1H3. The maximum absolute atomic E-state index is 9.75. The molecule has 1 aromatic rings. The molecule has 150 valence electrons. The molecule has 0 aliphatic carbocycles. The zero-order chi connectivity index (χ0) is 18.9. The average molecular weight is 365 g/mol. The Labute approximate surface area is 160 Å². The molecule has 0 fully saturated rings. The van der Waals surface area contributed by atoms with E-state index in [0.29, 0.717) is 5.75 Å². The van der Waals surface area contributed by atoms with E-state index in [9.17, 15) is 5.11 Å². The molecule has 0 amide bonds. The Morgan fingerprint density at radius 1 is 0.731 bits per heavy atom. The first-order valence-electron chi connectivity index (χ1n) is 10.8. The largest absolute Gasteiger partial charge is 0.508 e. The molecule has 0 aromatic heterocycles. The number of unbranched alkanes of at least 4 members (excludes halogenated alkanes) is 12. The van der Waals surface area contributed by atoms with Crippen LogP contribution < -0.4 is 4.74 Å². The van der Waals surface area contributed by atoms with Gasteiger partial charge in [0.25, 0.3) is 0 Å². The van der Waals surface area contributed by atoms with Crippen LogP contribution in [0.1, 0.15) is 96.0 Å². The van der Waals surface area contributed by atoms with Gasteiger partial charge in [0.15, 0.2) is 0 Å². The number of hydrogen-bond acceptors (Lipinski definition) is 3. The van der Waals surface area contributed by atoms with Crippen molar-refractivity contribution >= 4 is 0 Å². The van der Waals surface area contributed by atoms with Crippen molar-refractivity contribution in [2.45, 2.75) is 96.8 Å². The van der Waals surface area contributed by atoms with Gasteiger partial charge < -0.3 is 14.9 Å². The van der Waals surface area contributed by atoms with E-state index in [0.717, 1.165) is 18.4 Å². The summed E-state index contributed by atoms with van der Waals surface area (Å²) in [5, 5.41) is 18.6. The van der Waals surface area contributed by atoms with Gasteiger partial charge >= 0.3 is 0 Å². The Morgan fingerprint density at radius 2 is 1.27 bits per heavy atom. The average Bonchev–Trinajstić information content (AvgIpc) is 2.63. The number of phenolic OH excluding ortho intramolecular Hbond substituents is 1. The molecule has 0 saturated heterocycles. The summed E-state index contributed by atoms with van der Waals surface area (Å²) in [6.45, 7) is 2.53. The number of hydrogen-bond donors (Lipinski definition) is 2. The molecular weight excluding hydrogens is 324 g/mol. The van der Waals surface area contributed by atoms with Crippen LogP contribution in [0.25, 0.3) is 0 Å². The summed E-state index contributed by atoms with van der Waals surface area (Å²) in [6.07, 6.45) is 18.6. The number of aryl methyl sites for hydroxylation is 1. The van der Waals surface area contributed by atoms with Gasteiger partial charge in [0, 0.05) is 6.07 Å². The van der Waals surface area contributed by atoms with E-state index in [1.807, 2.05) is 12.1 Å². The minimum absolute atomic E-state index is 0.0101. The molecule has 0 heterocycles. The minimum atomic E-state index is -0.0101. The number of aromatic hydroxyl groups is 1. The Bertz CT molecular complexity index is 445. The van der Waals surface area contributed by atoms with Crippen LogP contribution in [0.5, 0.6) is 11.5 Å². The maximum Gasteiger partial charge on any atom is 0.123 e. The van der Waals surface area contributed by atoms with Gasteiger partial charge in [0.2, 0.25) is 0 Å². The molecule has 1 aromatic carbocycles. The van der Waals surface area contributed by atoms with Crippen molar-refractivity contribution in [2.24, 2.45) is 0 Å². The van der Waals surface area contributed by atoms with Crippen molar-refractivity contribution < 1.29 is 14.9 Å². The molecule has 0 unspecified atom stereocenters. The predicted octanol–water partition coefficient (Wildman–Crippen LogP) is 6.40. The van der Waals surface area contributed by atoms with E-state index in [-0.39, 0.29) is 19.0 Å². The smallest absolute Gasteiger partial charge is 0.123 e. The minimum Gasteiger partial charge on any atom is -0.508 e. The first-order chi connectivity index (χ1) is 12.8. The van der Waals surface area contributed by atoms with Gasteiger partial charge in [-0.25, -0.2) is 0 Å². The summed E-state index contributed by atoms with van der Waals surface area (Å²) in [6, 6.07) is 5.38. The Hall–Kier alpha value is -1.22. The van der Waals surface area contributed by atoms with Crippen molar-refractivity contribution in [3.63, 3.8) is 0 Å².